The zero-order chi connectivity index (χ0) is 12.2. The van der Waals surface area contributed by atoms with E-state index in [9.17, 15) is 0 Å². The van der Waals surface area contributed by atoms with Gasteiger partial charge in [-0.3, -0.25) is 0 Å². The zero-order valence-electron chi connectivity index (χ0n) is 11.9. The van der Waals surface area contributed by atoms with E-state index in [-0.39, 0.29) is 0 Å². The summed E-state index contributed by atoms with van der Waals surface area (Å²) in [7, 11) is 0. The Balaban J connectivity index is 0. The maximum absolute atomic E-state index is 3.28. The van der Waals surface area contributed by atoms with Crippen molar-refractivity contribution in [2.75, 3.05) is 13.1 Å². The van der Waals surface area contributed by atoms with Crippen molar-refractivity contribution < 1.29 is 0 Å². The fourth-order valence-electron chi connectivity index (χ4n) is 1.23. The van der Waals surface area contributed by atoms with Gasteiger partial charge in [-0.1, -0.05) is 13.8 Å². The SMILES string of the molecule is CCCNCCC.C[CH2][Sn]([CH3])([CH2]C)[CH2]C. The van der Waals surface area contributed by atoms with Gasteiger partial charge in [0.05, 0.1) is 0 Å². The fourth-order valence-corrected chi connectivity index (χ4v) is 5.51. The Morgan fingerprint density at radius 2 is 1.07 bits per heavy atom. The topological polar surface area (TPSA) is 12.0 Å². The van der Waals surface area contributed by atoms with Crippen LogP contribution in [-0.4, -0.2) is 31.5 Å². The summed E-state index contributed by atoms with van der Waals surface area (Å²) < 4.78 is 4.59. The van der Waals surface area contributed by atoms with Crippen molar-refractivity contribution in [3.05, 3.63) is 0 Å². The first-order valence-electron chi connectivity index (χ1n) is 6.80. The molecule has 0 radical (unpaired) electrons. The molecule has 0 saturated heterocycles. The predicted octanol–water partition coefficient (Wildman–Crippen LogP) is 4.52. The molecule has 0 aromatic carbocycles. The van der Waals surface area contributed by atoms with E-state index >= 15 is 0 Å². The number of nitrogens with one attached hydrogen (secondary N) is 1. The molecule has 0 atom stereocenters. The summed E-state index contributed by atoms with van der Waals surface area (Å²) >= 11 is -1.34. The third-order valence-electron chi connectivity index (χ3n) is 3.41. The Hall–Kier alpha value is 0.759. The van der Waals surface area contributed by atoms with Crippen molar-refractivity contribution in [2.24, 2.45) is 0 Å². The van der Waals surface area contributed by atoms with Gasteiger partial charge in [-0.25, -0.2) is 0 Å². The third-order valence-corrected chi connectivity index (χ3v) is 18.0. The quantitative estimate of drug-likeness (QED) is 0.537. The first kappa shape index (κ1) is 18.1. The molecule has 0 aliphatic rings. The van der Waals surface area contributed by atoms with E-state index in [1.54, 1.807) is 0 Å². The van der Waals surface area contributed by atoms with Crippen LogP contribution in [0.1, 0.15) is 47.5 Å². The van der Waals surface area contributed by atoms with Crippen molar-refractivity contribution in [3.63, 3.8) is 0 Å². The molecule has 0 saturated carbocycles. The van der Waals surface area contributed by atoms with E-state index in [1.165, 1.54) is 39.2 Å². The van der Waals surface area contributed by atoms with Crippen molar-refractivity contribution in [1.29, 1.82) is 0 Å². The summed E-state index contributed by atoms with van der Waals surface area (Å²) in [6.45, 7) is 13.8. The first-order valence-corrected chi connectivity index (χ1v) is 15.7. The minimum absolute atomic E-state index is 1.17. The van der Waals surface area contributed by atoms with Gasteiger partial charge >= 0.3 is 57.4 Å². The predicted molar refractivity (Wildman–Crippen MR) is 76.5 cm³/mol. The molecule has 15 heavy (non-hydrogen) atoms. The molecule has 0 bridgehead atoms. The van der Waals surface area contributed by atoms with E-state index in [2.05, 4.69) is 44.9 Å². The number of rotatable bonds is 7. The standard InChI is InChI=1S/C6H15N.3C2H5.CH3.Sn/c1-3-5-7-6-4-2;3*1-2;;/h7H,3-6H2,1-2H3;3*1H2,2H3;1H3;. The molecule has 0 aliphatic carbocycles. The van der Waals surface area contributed by atoms with E-state index in [4.69, 9.17) is 0 Å². The second-order valence-electron chi connectivity index (χ2n) is 4.62. The van der Waals surface area contributed by atoms with Crippen LogP contribution in [-0.2, 0) is 0 Å². The van der Waals surface area contributed by atoms with Crippen LogP contribution in [0.15, 0.2) is 0 Å². The maximum atomic E-state index is 3.28. The van der Waals surface area contributed by atoms with Crippen molar-refractivity contribution >= 4 is 18.4 Å². The molecule has 0 heterocycles. The molecule has 0 aliphatic heterocycles. The van der Waals surface area contributed by atoms with Crippen LogP contribution in [0.4, 0.5) is 0 Å². The van der Waals surface area contributed by atoms with Crippen LogP contribution in [0.3, 0.4) is 0 Å². The molecule has 94 valence electrons. The van der Waals surface area contributed by atoms with Gasteiger partial charge in [-0.05, 0) is 25.9 Å². The summed E-state index contributed by atoms with van der Waals surface area (Å²) in [6.07, 6.45) is 2.50. The molecular weight excluding hydrogens is 289 g/mol. The summed E-state index contributed by atoms with van der Waals surface area (Å²) in [5, 5.41) is 3.28. The fraction of sp³-hybridized carbons (Fsp3) is 1.00. The first-order chi connectivity index (χ1) is 7.10. The number of hydrogen-bond acceptors (Lipinski definition) is 1. The molecule has 0 amide bonds. The third kappa shape index (κ3) is 12.7. The number of hydrogen-bond donors (Lipinski definition) is 1. The van der Waals surface area contributed by atoms with Crippen LogP contribution in [0, 0.1) is 0 Å². The monoisotopic (exact) mass is 323 g/mol. The zero-order valence-corrected chi connectivity index (χ0v) is 14.8. The Kier molecular flexibility index (Phi) is 15.5. The molecule has 1 N–H and O–H groups in total. The molecular formula is C13H33NSn. The van der Waals surface area contributed by atoms with E-state index in [0.29, 0.717) is 0 Å². The van der Waals surface area contributed by atoms with Crippen molar-refractivity contribution in [2.45, 2.75) is 65.7 Å². The van der Waals surface area contributed by atoms with Crippen LogP contribution >= 0.6 is 0 Å². The molecule has 1 nitrogen and oxygen atoms in total. The van der Waals surface area contributed by atoms with Crippen LogP contribution in [0.5, 0.6) is 0 Å². The molecule has 0 spiro atoms. The average molecular weight is 322 g/mol. The average Bonchev–Trinajstić information content (AvgIpc) is 2.30. The molecule has 0 aromatic heterocycles. The van der Waals surface area contributed by atoms with Gasteiger partial charge in [0.1, 0.15) is 0 Å². The van der Waals surface area contributed by atoms with Gasteiger partial charge in [0.2, 0.25) is 0 Å². The summed E-state index contributed by atoms with van der Waals surface area (Å²) in [5.41, 5.74) is 0. The summed E-state index contributed by atoms with van der Waals surface area (Å²) in [4.78, 5) is 2.56. The Morgan fingerprint density at radius 3 is 1.20 bits per heavy atom. The van der Waals surface area contributed by atoms with E-state index < -0.39 is 18.4 Å². The molecule has 0 unspecified atom stereocenters. The van der Waals surface area contributed by atoms with E-state index in [1.807, 2.05) is 0 Å². The molecule has 0 aromatic rings. The van der Waals surface area contributed by atoms with Gasteiger partial charge in [0, 0.05) is 0 Å². The van der Waals surface area contributed by atoms with Crippen LogP contribution in [0.25, 0.3) is 0 Å². The normalized spacial score (nSPS) is 10.8. The molecule has 0 rings (SSSR count). The van der Waals surface area contributed by atoms with E-state index in [0.717, 1.165) is 0 Å². The van der Waals surface area contributed by atoms with Gasteiger partial charge in [0.15, 0.2) is 0 Å². The van der Waals surface area contributed by atoms with Crippen molar-refractivity contribution in [3.8, 4) is 0 Å². The summed E-state index contributed by atoms with van der Waals surface area (Å²) in [5.74, 6) is 0. The van der Waals surface area contributed by atoms with Gasteiger partial charge in [0.25, 0.3) is 0 Å². The second kappa shape index (κ2) is 12.8. The Labute approximate surface area is 102 Å². The van der Waals surface area contributed by atoms with Gasteiger partial charge < -0.3 is 5.32 Å². The Morgan fingerprint density at radius 1 is 0.733 bits per heavy atom. The van der Waals surface area contributed by atoms with Gasteiger partial charge in [-0.2, -0.15) is 0 Å². The van der Waals surface area contributed by atoms with Gasteiger partial charge in [-0.15, -0.1) is 0 Å². The molecule has 2 heteroatoms. The van der Waals surface area contributed by atoms with Crippen LogP contribution < -0.4 is 5.32 Å². The Bertz CT molecular complexity index is 98.8. The van der Waals surface area contributed by atoms with Crippen LogP contribution in [0.2, 0.25) is 18.2 Å². The minimum atomic E-state index is -1.34. The van der Waals surface area contributed by atoms with Crippen molar-refractivity contribution in [1.82, 2.24) is 5.32 Å². The second-order valence-corrected chi connectivity index (χ2v) is 21.0. The molecule has 0 fully saturated rings. The summed E-state index contributed by atoms with van der Waals surface area (Å²) in [6, 6.07) is 0.